The Labute approximate surface area is 149 Å². The summed E-state index contributed by atoms with van der Waals surface area (Å²) in [6.07, 6.45) is 0.906. The number of carbonyl (C=O) groups is 1. The molecular weight excluding hydrogens is 458 g/mol. The molecule has 0 bridgehead atoms. The maximum atomic E-state index is 12.5. The van der Waals surface area contributed by atoms with Gasteiger partial charge in [0.25, 0.3) is 0 Å². The molecule has 1 saturated heterocycles. The van der Waals surface area contributed by atoms with Crippen LogP contribution in [-0.2, 0) is 32.5 Å². The summed E-state index contributed by atoms with van der Waals surface area (Å²) in [7, 11) is 0. The minimum Gasteiger partial charge on any atom is -1.00 e. The molecule has 0 N–H and O–H groups in total. The fourth-order valence-electron chi connectivity index (χ4n) is 2.61. The van der Waals surface area contributed by atoms with E-state index in [-0.39, 0.29) is 63.2 Å². The molecule has 1 aliphatic rings. The third-order valence-corrected chi connectivity index (χ3v) is 3.47. The van der Waals surface area contributed by atoms with E-state index < -0.39 is 0 Å². The van der Waals surface area contributed by atoms with Crippen molar-refractivity contribution in [3.8, 4) is 0 Å². The van der Waals surface area contributed by atoms with E-state index in [4.69, 9.17) is 0 Å². The van der Waals surface area contributed by atoms with Crippen molar-refractivity contribution in [2.24, 2.45) is 17.3 Å². The number of hydrogen-bond acceptors (Lipinski definition) is 1. The fraction of sp³-hybridized carbons (Fsp3) is 0.500. The van der Waals surface area contributed by atoms with Crippen LogP contribution in [-0.4, -0.2) is 12.5 Å². The van der Waals surface area contributed by atoms with Gasteiger partial charge in [-0.3, -0.25) is 4.79 Å². The Morgan fingerprint density at radius 3 is 2.30 bits per heavy atom. The van der Waals surface area contributed by atoms with Crippen LogP contribution in [0.1, 0.15) is 27.2 Å². The Balaban J connectivity index is 0.00000180. The van der Waals surface area contributed by atoms with Crippen molar-refractivity contribution in [3.05, 3.63) is 37.3 Å². The molecule has 1 heterocycles. The average Bonchev–Trinajstić information content (AvgIpc) is 2.56. The van der Waals surface area contributed by atoms with E-state index in [0.29, 0.717) is 0 Å². The molecule has 106 valence electrons. The molecule has 2 nitrogen and oxygen atoms in total. The van der Waals surface area contributed by atoms with Crippen LogP contribution in [0.4, 0.5) is 5.69 Å². The SMILES string of the molecule is [CH2][C@H]1CN(c2ccccc2)C(=O)[C@@H]1CC(C)(C)C.[Cl-].[Hg+]. The monoisotopic (exact) mass is 481 g/mol. The molecule has 1 fully saturated rings. The van der Waals surface area contributed by atoms with Gasteiger partial charge < -0.3 is 17.3 Å². The molecule has 0 saturated carbocycles. The summed E-state index contributed by atoms with van der Waals surface area (Å²) in [6.45, 7) is 11.4. The maximum absolute atomic E-state index is 12.5. The maximum Gasteiger partial charge on any atom is 1.00 e. The molecule has 0 unspecified atom stereocenters. The standard InChI is InChI=1S/C16H22NO.ClH.Hg/c1-12-11-17(13-8-6-5-7-9-13)15(18)14(12)10-16(2,3)4;;/h5-9,12,14H,1,10-11H2,2-4H3;1H;/q;;+1/p-1/t12-,14+;;/m0../s1. The molecule has 2 rings (SSSR count). The third-order valence-electron chi connectivity index (χ3n) is 3.47. The first-order valence-electron chi connectivity index (χ1n) is 6.58. The molecule has 4 heteroatoms. The first-order valence-corrected chi connectivity index (χ1v) is 6.58. The Bertz CT molecular complexity index is 430. The van der Waals surface area contributed by atoms with Crippen LogP contribution in [0.15, 0.2) is 30.3 Å². The Kier molecular flexibility index (Phi) is 7.76. The number of para-hydroxylation sites is 1. The van der Waals surface area contributed by atoms with E-state index in [2.05, 4.69) is 27.7 Å². The summed E-state index contributed by atoms with van der Waals surface area (Å²) < 4.78 is 0. The molecular formula is C16H22ClHgNO. The van der Waals surface area contributed by atoms with Gasteiger partial charge in [0, 0.05) is 18.2 Å². The molecule has 1 aliphatic heterocycles. The van der Waals surface area contributed by atoms with E-state index in [1.165, 1.54) is 0 Å². The van der Waals surface area contributed by atoms with Gasteiger partial charge in [-0.1, -0.05) is 39.0 Å². The van der Waals surface area contributed by atoms with Gasteiger partial charge in [0.2, 0.25) is 5.91 Å². The van der Waals surface area contributed by atoms with Crippen LogP contribution in [0, 0.1) is 24.2 Å². The zero-order chi connectivity index (χ0) is 13.3. The van der Waals surface area contributed by atoms with Crippen LogP contribution < -0.4 is 17.3 Å². The van der Waals surface area contributed by atoms with Crippen LogP contribution in [0.2, 0.25) is 0 Å². The predicted octanol–water partition coefficient (Wildman–Crippen LogP) is 0.537. The van der Waals surface area contributed by atoms with Gasteiger partial charge in [0.05, 0.1) is 0 Å². The zero-order valence-corrected chi connectivity index (χ0v) is 18.9. The van der Waals surface area contributed by atoms with E-state index in [9.17, 15) is 4.79 Å². The normalized spacial score (nSPS) is 22.2. The molecule has 2 radical (unpaired) electrons. The summed E-state index contributed by atoms with van der Waals surface area (Å²) in [6, 6.07) is 9.89. The summed E-state index contributed by atoms with van der Waals surface area (Å²) in [5.74, 6) is 0.485. The summed E-state index contributed by atoms with van der Waals surface area (Å²) >= 11 is 0. The van der Waals surface area contributed by atoms with Gasteiger partial charge in [-0.2, -0.15) is 0 Å². The van der Waals surface area contributed by atoms with Gasteiger partial charge in [-0.25, -0.2) is 0 Å². The Morgan fingerprint density at radius 2 is 1.80 bits per heavy atom. The van der Waals surface area contributed by atoms with Crippen molar-refractivity contribution in [2.45, 2.75) is 27.2 Å². The van der Waals surface area contributed by atoms with Crippen LogP contribution in [0.3, 0.4) is 0 Å². The third kappa shape index (κ3) is 4.73. The van der Waals surface area contributed by atoms with Gasteiger partial charge in [-0.05, 0) is 36.8 Å². The quantitative estimate of drug-likeness (QED) is 0.567. The molecule has 0 spiro atoms. The van der Waals surface area contributed by atoms with Crippen LogP contribution in [0.25, 0.3) is 0 Å². The molecule has 0 aliphatic carbocycles. The number of nitrogens with zero attached hydrogens (tertiary/aromatic N) is 1. The predicted molar refractivity (Wildman–Crippen MR) is 75.2 cm³/mol. The molecule has 1 aromatic rings. The largest absolute Gasteiger partial charge is 1.00 e. The number of rotatable bonds is 2. The molecule has 0 aromatic heterocycles. The van der Waals surface area contributed by atoms with Crippen molar-refractivity contribution in [1.82, 2.24) is 0 Å². The second-order valence-electron chi connectivity index (χ2n) is 6.42. The number of amides is 1. The molecule has 20 heavy (non-hydrogen) atoms. The average molecular weight is 480 g/mol. The van der Waals surface area contributed by atoms with E-state index in [1.54, 1.807) is 0 Å². The number of benzene rings is 1. The van der Waals surface area contributed by atoms with Crippen molar-refractivity contribution >= 4 is 11.6 Å². The van der Waals surface area contributed by atoms with Gasteiger partial charge in [0.1, 0.15) is 0 Å². The van der Waals surface area contributed by atoms with Crippen molar-refractivity contribution in [3.63, 3.8) is 0 Å². The number of halogens is 1. The Morgan fingerprint density at radius 1 is 1.25 bits per heavy atom. The zero-order valence-electron chi connectivity index (χ0n) is 12.6. The smallest absolute Gasteiger partial charge is 1.00 e. The topological polar surface area (TPSA) is 20.3 Å². The number of carbonyl (C=O) groups excluding carboxylic acids is 1. The molecule has 1 aromatic carbocycles. The van der Waals surface area contributed by atoms with Crippen LogP contribution in [0.5, 0.6) is 0 Å². The first-order chi connectivity index (χ1) is 8.38. The second-order valence-corrected chi connectivity index (χ2v) is 6.42. The van der Waals surface area contributed by atoms with Crippen molar-refractivity contribution < 1.29 is 44.9 Å². The summed E-state index contributed by atoms with van der Waals surface area (Å²) in [5, 5.41) is 0. The number of hydrogen-bond donors (Lipinski definition) is 0. The fourth-order valence-corrected chi connectivity index (χ4v) is 2.61. The first kappa shape index (κ1) is 19.9. The minimum atomic E-state index is 0. The van der Waals surface area contributed by atoms with Gasteiger partial charge in [-0.15, -0.1) is 0 Å². The van der Waals surface area contributed by atoms with Crippen molar-refractivity contribution in [2.75, 3.05) is 11.4 Å². The van der Waals surface area contributed by atoms with Gasteiger partial charge in [0.15, 0.2) is 0 Å². The van der Waals surface area contributed by atoms with E-state index in [1.807, 2.05) is 35.2 Å². The van der Waals surface area contributed by atoms with Gasteiger partial charge >= 0.3 is 27.7 Å². The number of anilines is 1. The van der Waals surface area contributed by atoms with E-state index in [0.717, 1.165) is 18.7 Å². The Hall–Kier alpha value is -0.0849. The second kappa shape index (κ2) is 7.79. The summed E-state index contributed by atoms with van der Waals surface area (Å²) in [5.41, 5.74) is 1.16. The molecule has 1 amide bonds. The summed E-state index contributed by atoms with van der Waals surface area (Å²) in [4.78, 5) is 14.4. The molecule has 2 atom stereocenters. The van der Waals surface area contributed by atoms with Crippen LogP contribution >= 0.6 is 0 Å². The van der Waals surface area contributed by atoms with Crippen molar-refractivity contribution in [1.29, 1.82) is 0 Å². The van der Waals surface area contributed by atoms with E-state index >= 15 is 0 Å². The minimum absolute atomic E-state index is 0.